The van der Waals surface area contributed by atoms with Gasteiger partial charge in [-0.2, -0.15) is 0 Å². The van der Waals surface area contributed by atoms with Crippen molar-refractivity contribution in [1.82, 2.24) is 0 Å². The van der Waals surface area contributed by atoms with Crippen molar-refractivity contribution in [3.05, 3.63) is 0 Å². The van der Waals surface area contributed by atoms with Crippen molar-refractivity contribution in [2.24, 2.45) is 5.73 Å². The molecule has 1 saturated heterocycles. The Balaban J connectivity index is 1.76. The maximum atomic E-state index is 6.49. The van der Waals surface area contributed by atoms with Crippen LogP contribution < -0.4 is 5.73 Å². The summed E-state index contributed by atoms with van der Waals surface area (Å²) in [6.07, 6.45) is 12.6. The summed E-state index contributed by atoms with van der Waals surface area (Å²) in [6.45, 7) is 3.84. The Hall–Kier alpha value is -0.120. The molecule has 3 nitrogen and oxygen atoms in total. The molecular weight excluding hydrogens is 238 g/mol. The van der Waals surface area contributed by atoms with Gasteiger partial charge in [0.1, 0.15) is 0 Å². The van der Waals surface area contributed by atoms with Gasteiger partial charge >= 0.3 is 0 Å². The molecule has 1 aliphatic carbocycles. The average molecular weight is 269 g/mol. The predicted octanol–water partition coefficient (Wildman–Crippen LogP) is 3.40. The first-order chi connectivity index (χ1) is 9.27. The van der Waals surface area contributed by atoms with E-state index in [4.69, 9.17) is 15.2 Å². The van der Waals surface area contributed by atoms with Gasteiger partial charge in [-0.05, 0) is 51.9 Å². The lowest BCUT2D eigenvalue weighted by atomic mass is 9.77. The Kier molecular flexibility index (Phi) is 6.11. The fraction of sp³-hybridized carbons (Fsp3) is 1.00. The third kappa shape index (κ3) is 4.17. The summed E-state index contributed by atoms with van der Waals surface area (Å²) in [5, 5.41) is 0. The fourth-order valence-electron chi connectivity index (χ4n) is 3.76. The fourth-order valence-corrected chi connectivity index (χ4v) is 3.76. The average Bonchev–Trinajstić information content (AvgIpc) is 2.93. The maximum Gasteiger partial charge on any atom is 0.0832 e. The predicted molar refractivity (Wildman–Crippen MR) is 78.2 cm³/mol. The van der Waals surface area contributed by atoms with Crippen LogP contribution >= 0.6 is 0 Å². The number of hydrogen-bond acceptors (Lipinski definition) is 3. The van der Waals surface area contributed by atoms with Gasteiger partial charge in [-0.3, -0.25) is 0 Å². The Bertz CT molecular complexity index is 240. The third-order valence-electron chi connectivity index (χ3n) is 4.87. The second kappa shape index (κ2) is 7.61. The van der Waals surface area contributed by atoms with E-state index in [0.717, 1.165) is 32.5 Å². The molecule has 0 aromatic carbocycles. The summed E-state index contributed by atoms with van der Waals surface area (Å²) in [5.74, 6) is 0. The van der Waals surface area contributed by atoms with Crippen LogP contribution in [0.2, 0.25) is 0 Å². The molecule has 0 amide bonds. The van der Waals surface area contributed by atoms with Crippen LogP contribution in [0.5, 0.6) is 0 Å². The van der Waals surface area contributed by atoms with E-state index in [0.29, 0.717) is 6.10 Å². The molecule has 2 atom stereocenters. The number of hydrogen-bond donors (Lipinski definition) is 1. The second-order valence-corrected chi connectivity index (χ2v) is 6.23. The molecular formula is C16H31NO2. The van der Waals surface area contributed by atoms with Crippen LogP contribution in [0.3, 0.4) is 0 Å². The molecule has 1 heterocycles. The molecule has 3 heteroatoms. The largest absolute Gasteiger partial charge is 0.378 e. The van der Waals surface area contributed by atoms with E-state index in [1.54, 1.807) is 0 Å². The molecule has 0 spiro atoms. The van der Waals surface area contributed by atoms with Crippen LogP contribution in [0.15, 0.2) is 0 Å². The minimum atomic E-state index is -0.0243. The van der Waals surface area contributed by atoms with E-state index in [2.05, 4.69) is 6.92 Å². The van der Waals surface area contributed by atoms with E-state index in [9.17, 15) is 0 Å². The van der Waals surface area contributed by atoms with Crippen molar-refractivity contribution in [2.75, 3.05) is 13.2 Å². The zero-order valence-corrected chi connectivity index (χ0v) is 12.5. The Labute approximate surface area is 118 Å². The van der Waals surface area contributed by atoms with Crippen molar-refractivity contribution in [3.63, 3.8) is 0 Å². The van der Waals surface area contributed by atoms with Crippen molar-refractivity contribution in [1.29, 1.82) is 0 Å². The van der Waals surface area contributed by atoms with Gasteiger partial charge < -0.3 is 15.2 Å². The number of rotatable bonds is 7. The third-order valence-corrected chi connectivity index (χ3v) is 4.87. The van der Waals surface area contributed by atoms with Gasteiger partial charge in [0.25, 0.3) is 0 Å². The van der Waals surface area contributed by atoms with E-state index in [1.165, 1.54) is 44.9 Å². The Morgan fingerprint density at radius 1 is 1.26 bits per heavy atom. The SMILES string of the molecule is CCOC1(C(N)CCCC2CCCO2)CCCCC1. The molecule has 2 rings (SSSR count). The summed E-state index contributed by atoms with van der Waals surface area (Å²) < 4.78 is 11.8. The van der Waals surface area contributed by atoms with Gasteiger partial charge in [0, 0.05) is 19.3 Å². The first kappa shape index (κ1) is 15.3. The highest BCUT2D eigenvalue weighted by atomic mass is 16.5. The standard InChI is InChI=1S/C16H31NO2/c1-2-19-16(11-4-3-5-12-16)15(17)10-6-8-14-9-7-13-18-14/h14-15H,2-13,17H2,1H3. The first-order valence-corrected chi connectivity index (χ1v) is 8.28. The van der Waals surface area contributed by atoms with Crippen LogP contribution in [0.1, 0.15) is 71.1 Å². The van der Waals surface area contributed by atoms with Crippen molar-refractivity contribution in [3.8, 4) is 0 Å². The van der Waals surface area contributed by atoms with Crippen molar-refractivity contribution in [2.45, 2.75) is 88.9 Å². The molecule has 0 radical (unpaired) electrons. The maximum absolute atomic E-state index is 6.49. The van der Waals surface area contributed by atoms with Crippen LogP contribution in [0.4, 0.5) is 0 Å². The number of ether oxygens (including phenoxy) is 2. The van der Waals surface area contributed by atoms with Gasteiger partial charge in [-0.25, -0.2) is 0 Å². The lowest BCUT2D eigenvalue weighted by Crippen LogP contribution is -2.51. The van der Waals surface area contributed by atoms with E-state index in [-0.39, 0.29) is 11.6 Å². The van der Waals surface area contributed by atoms with Crippen LogP contribution in [-0.4, -0.2) is 31.0 Å². The summed E-state index contributed by atoms with van der Waals surface area (Å²) in [7, 11) is 0. The normalized spacial score (nSPS) is 28.4. The second-order valence-electron chi connectivity index (χ2n) is 6.23. The molecule has 19 heavy (non-hydrogen) atoms. The highest BCUT2D eigenvalue weighted by Gasteiger charge is 2.38. The van der Waals surface area contributed by atoms with Gasteiger partial charge in [-0.15, -0.1) is 0 Å². The summed E-state index contributed by atoms with van der Waals surface area (Å²) in [5.41, 5.74) is 6.46. The lowest BCUT2D eigenvalue weighted by molar-refractivity contribution is -0.0840. The number of nitrogens with two attached hydrogens (primary N) is 1. The Morgan fingerprint density at radius 2 is 2.05 bits per heavy atom. The van der Waals surface area contributed by atoms with Crippen molar-refractivity contribution < 1.29 is 9.47 Å². The van der Waals surface area contributed by atoms with Crippen LogP contribution in [0, 0.1) is 0 Å². The molecule has 112 valence electrons. The van der Waals surface area contributed by atoms with E-state index < -0.39 is 0 Å². The molecule has 0 aromatic rings. The molecule has 2 unspecified atom stereocenters. The molecule has 2 N–H and O–H groups in total. The highest BCUT2D eigenvalue weighted by molar-refractivity contribution is 4.93. The van der Waals surface area contributed by atoms with Gasteiger partial charge in [0.2, 0.25) is 0 Å². The first-order valence-electron chi connectivity index (χ1n) is 8.28. The molecule has 0 bridgehead atoms. The lowest BCUT2D eigenvalue weighted by Gasteiger charge is -2.42. The van der Waals surface area contributed by atoms with Crippen molar-refractivity contribution >= 4 is 0 Å². The summed E-state index contributed by atoms with van der Waals surface area (Å²) >= 11 is 0. The van der Waals surface area contributed by atoms with Gasteiger partial charge in [0.15, 0.2) is 0 Å². The summed E-state index contributed by atoms with van der Waals surface area (Å²) in [6, 6.07) is 0.203. The Morgan fingerprint density at radius 3 is 2.68 bits per heavy atom. The topological polar surface area (TPSA) is 44.5 Å². The van der Waals surface area contributed by atoms with E-state index in [1.807, 2.05) is 0 Å². The van der Waals surface area contributed by atoms with E-state index >= 15 is 0 Å². The molecule has 1 aliphatic heterocycles. The highest BCUT2D eigenvalue weighted by Crippen LogP contribution is 2.35. The quantitative estimate of drug-likeness (QED) is 0.770. The minimum Gasteiger partial charge on any atom is -0.378 e. The molecule has 1 saturated carbocycles. The van der Waals surface area contributed by atoms with Gasteiger partial charge in [-0.1, -0.05) is 19.3 Å². The minimum absolute atomic E-state index is 0.0243. The molecule has 0 aromatic heterocycles. The van der Waals surface area contributed by atoms with Crippen LogP contribution in [0.25, 0.3) is 0 Å². The smallest absolute Gasteiger partial charge is 0.0832 e. The zero-order chi connectivity index (χ0) is 13.6. The monoisotopic (exact) mass is 269 g/mol. The van der Waals surface area contributed by atoms with Gasteiger partial charge in [0.05, 0.1) is 11.7 Å². The van der Waals surface area contributed by atoms with Crippen LogP contribution in [-0.2, 0) is 9.47 Å². The summed E-state index contributed by atoms with van der Waals surface area (Å²) in [4.78, 5) is 0. The molecule has 2 fully saturated rings. The molecule has 2 aliphatic rings. The zero-order valence-electron chi connectivity index (χ0n) is 12.5.